The summed E-state index contributed by atoms with van der Waals surface area (Å²) < 4.78 is 4.86. The first kappa shape index (κ1) is 14.4. The molecule has 1 atom stereocenters. The third kappa shape index (κ3) is 3.92. The van der Waals surface area contributed by atoms with Gasteiger partial charge in [0, 0.05) is 26.4 Å². The summed E-state index contributed by atoms with van der Waals surface area (Å²) in [6, 6.07) is 3.25. The van der Waals surface area contributed by atoms with Gasteiger partial charge in [-0.2, -0.15) is 0 Å². The van der Waals surface area contributed by atoms with Crippen LogP contribution in [-0.4, -0.2) is 38.5 Å². The zero-order valence-electron chi connectivity index (χ0n) is 9.78. The van der Waals surface area contributed by atoms with E-state index >= 15 is 0 Å². The molecule has 0 amide bonds. The Morgan fingerprint density at radius 1 is 1.41 bits per heavy atom. The fourth-order valence-corrected chi connectivity index (χ4v) is 2.39. The zero-order chi connectivity index (χ0) is 13.0. The first-order chi connectivity index (χ1) is 7.95. The van der Waals surface area contributed by atoms with Crippen molar-refractivity contribution in [1.29, 1.82) is 0 Å². The fraction of sp³-hybridized carbons (Fsp3) is 0.455. The van der Waals surface area contributed by atoms with E-state index in [0.29, 0.717) is 28.0 Å². The summed E-state index contributed by atoms with van der Waals surface area (Å²) in [5, 5.41) is 10.6. The molecule has 3 N–H and O–H groups in total. The van der Waals surface area contributed by atoms with Gasteiger partial charge in [0.2, 0.25) is 0 Å². The number of anilines is 2. The van der Waals surface area contributed by atoms with Gasteiger partial charge in [-0.25, -0.2) is 0 Å². The highest BCUT2D eigenvalue weighted by molar-refractivity contribution is 6.39. The van der Waals surface area contributed by atoms with Crippen LogP contribution in [0.1, 0.15) is 0 Å². The summed E-state index contributed by atoms with van der Waals surface area (Å²) in [5.41, 5.74) is 6.78. The van der Waals surface area contributed by atoms with E-state index in [2.05, 4.69) is 0 Å². The summed E-state index contributed by atoms with van der Waals surface area (Å²) in [6.45, 7) is 0.631. The summed E-state index contributed by atoms with van der Waals surface area (Å²) in [7, 11) is 3.33. The number of hydrogen-bond acceptors (Lipinski definition) is 4. The number of nitrogens with zero attached hydrogens (tertiary/aromatic N) is 1. The second kappa shape index (κ2) is 6.31. The Hall–Kier alpha value is -0.680. The SMILES string of the molecule is COCC(O)CN(C)c1c(Cl)cc(N)cc1Cl. The summed E-state index contributed by atoms with van der Waals surface area (Å²) >= 11 is 12.1. The quantitative estimate of drug-likeness (QED) is 0.810. The zero-order valence-corrected chi connectivity index (χ0v) is 11.3. The minimum Gasteiger partial charge on any atom is -0.399 e. The average Bonchev–Trinajstić information content (AvgIpc) is 2.15. The second-order valence-corrected chi connectivity index (χ2v) is 4.64. The van der Waals surface area contributed by atoms with E-state index in [4.69, 9.17) is 33.7 Å². The predicted octanol–water partition coefficient (Wildman–Crippen LogP) is 2.02. The first-order valence-electron chi connectivity index (χ1n) is 5.08. The number of benzene rings is 1. The van der Waals surface area contributed by atoms with Gasteiger partial charge in [-0.1, -0.05) is 23.2 Å². The summed E-state index contributed by atoms with van der Waals surface area (Å²) in [6.07, 6.45) is -0.602. The van der Waals surface area contributed by atoms with Gasteiger partial charge in [0.15, 0.2) is 0 Å². The van der Waals surface area contributed by atoms with Gasteiger partial charge in [0.1, 0.15) is 0 Å². The molecule has 0 aromatic heterocycles. The largest absolute Gasteiger partial charge is 0.399 e. The lowest BCUT2D eigenvalue weighted by Gasteiger charge is -2.24. The van der Waals surface area contributed by atoms with E-state index in [9.17, 15) is 5.11 Å². The van der Waals surface area contributed by atoms with E-state index in [0.717, 1.165) is 0 Å². The van der Waals surface area contributed by atoms with Crippen molar-refractivity contribution in [2.45, 2.75) is 6.10 Å². The van der Waals surface area contributed by atoms with Crippen molar-refractivity contribution >= 4 is 34.6 Å². The molecule has 96 valence electrons. The Morgan fingerprint density at radius 3 is 2.41 bits per heavy atom. The Morgan fingerprint density at radius 2 is 1.94 bits per heavy atom. The van der Waals surface area contributed by atoms with E-state index in [1.165, 1.54) is 7.11 Å². The molecule has 0 bridgehead atoms. The number of likely N-dealkylation sites (N-methyl/N-ethyl adjacent to an activating group) is 1. The van der Waals surface area contributed by atoms with E-state index in [1.54, 1.807) is 24.1 Å². The molecule has 0 aliphatic heterocycles. The van der Waals surface area contributed by atoms with Crippen molar-refractivity contribution < 1.29 is 9.84 Å². The minimum atomic E-state index is -0.602. The molecular formula is C11H16Cl2N2O2. The lowest BCUT2D eigenvalue weighted by Crippen LogP contribution is -2.32. The van der Waals surface area contributed by atoms with Crippen molar-refractivity contribution in [2.75, 3.05) is 37.9 Å². The van der Waals surface area contributed by atoms with Crippen LogP contribution < -0.4 is 10.6 Å². The summed E-state index contributed by atoms with van der Waals surface area (Å²) in [5.74, 6) is 0. The maximum atomic E-state index is 9.64. The van der Waals surface area contributed by atoms with Crippen LogP contribution in [0, 0.1) is 0 Å². The van der Waals surface area contributed by atoms with E-state index in [1.807, 2.05) is 0 Å². The van der Waals surface area contributed by atoms with Gasteiger partial charge < -0.3 is 20.5 Å². The Balaban J connectivity index is 2.85. The highest BCUT2D eigenvalue weighted by Crippen LogP contribution is 2.35. The highest BCUT2D eigenvalue weighted by Gasteiger charge is 2.15. The monoisotopic (exact) mass is 278 g/mol. The van der Waals surface area contributed by atoms with Crippen LogP contribution in [0.5, 0.6) is 0 Å². The number of halogens is 2. The molecule has 4 nitrogen and oxygen atoms in total. The van der Waals surface area contributed by atoms with Crippen LogP contribution in [0.25, 0.3) is 0 Å². The Kier molecular flexibility index (Phi) is 5.33. The smallest absolute Gasteiger partial charge is 0.0947 e. The molecule has 6 heteroatoms. The number of aliphatic hydroxyl groups is 1. The van der Waals surface area contributed by atoms with Gasteiger partial charge >= 0.3 is 0 Å². The maximum Gasteiger partial charge on any atom is 0.0947 e. The van der Waals surface area contributed by atoms with Crippen LogP contribution in [-0.2, 0) is 4.74 Å². The summed E-state index contributed by atoms with van der Waals surface area (Å²) in [4.78, 5) is 1.77. The van der Waals surface area contributed by atoms with Crippen LogP contribution in [0.2, 0.25) is 10.0 Å². The number of rotatable bonds is 5. The molecule has 0 heterocycles. The highest BCUT2D eigenvalue weighted by atomic mass is 35.5. The minimum absolute atomic E-state index is 0.258. The van der Waals surface area contributed by atoms with Gasteiger partial charge in [0.05, 0.1) is 28.4 Å². The van der Waals surface area contributed by atoms with Crippen molar-refractivity contribution in [1.82, 2.24) is 0 Å². The number of methoxy groups -OCH3 is 1. The Bertz CT molecular complexity index is 365. The molecule has 17 heavy (non-hydrogen) atoms. The number of aliphatic hydroxyl groups excluding tert-OH is 1. The molecule has 1 rings (SSSR count). The molecular weight excluding hydrogens is 263 g/mol. The Labute approximate surface area is 111 Å². The molecule has 0 spiro atoms. The van der Waals surface area contributed by atoms with Crippen molar-refractivity contribution in [3.8, 4) is 0 Å². The standard InChI is InChI=1S/C11H16Cl2N2O2/c1-15(5-8(16)6-17-2)11-9(12)3-7(14)4-10(11)13/h3-4,8,16H,5-6,14H2,1-2H3. The third-order valence-electron chi connectivity index (χ3n) is 2.26. The first-order valence-corrected chi connectivity index (χ1v) is 5.84. The molecule has 0 aliphatic rings. The lowest BCUT2D eigenvalue weighted by atomic mass is 10.2. The third-order valence-corrected chi connectivity index (χ3v) is 2.84. The topological polar surface area (TPSA) is 58.7 Å². The molecule has 0 fully saturated rings. The maximum absolute atomic E-state index is 9.64. The van der Waals surface area contributed by atoms with Crippen molar-refractivity contribution in [3.05, 3.63) is 22.2 Å². The van der Waals surface area contributed by atoms with E-state index < -0.39 is 6.10 Å². The van der Waals surface area contributed by atoms with Crippen LogP contribution in [0.3, 0.4) is 0 Å². The molecule has 1 aromatic rings. The van der Waals surface area contributed by atoms with Gasteiger partial charge in [0.25, 0.3) is 0 Å². The van der Waals surface area contributed by atoms with Crippen LogP contribution in [0.4, 0.5) is 11.4 Å². The number of nitrogens with two attached hydrogens (primary N) is 1. The number of ether oxygens (including phenoxy) is 1. The second-order valence-electron chi connectivity index (χ2n) is 3.82. The number of nitrogen functional groups attached to an aromatic ring is 1. The van der Waals surface area contributed by atoms with Gasteiger partial charge in [-0.05, 0) is 12.1 Å². The fourth-order valence-electron chi connectivity index (χ4n) is 1.60. The van der Waals surface area contributed by atoms with Crippen LogP contribution in [0.15, 0.2) is 12.1 Å². The van der Waals surface area contributed by atoms with E-state index in [-0.39, 0.29) is 6.61 Å². The molecule has 1 aromatic carbocycles. The molecule has 0 saturated carbocycles. The predicted molar refractivity (Wildman–Crippen MR) is 72.0 cm³/mol. The normalized spacial score (nSPS) is 12.5. The lowest BCUT2D eigenvalue weighted by molar-refractivity contribution is 0.0695. The van der Waals surface area contributed by atoms with Crippen molar-refractivity contribution in [3.63, 3.8) is 0 Å². The molecule has 0 saturated heterocycles. The molecule has 0 radical (unpaired) electrons. The molecule has 0 aliphatic carbocycles. The van der Waals surface area contributed by atoms with Crippen molar-refractivity contribution in [2.24, 2.45) is 0 Å². The average molecular weight is 279 g/mol. The van der Waals surface area contributed by atoms with Gasteiger partial charge in [-0.3, -0.25) is 0 Å². The van der Waals surface area contributed by atoms with Crippen LogP contribution >= 0.6 is 23.2 Å². The molecule has 1 unspecified atom stereocenters. The van der Waals surface area contributed by atoms with Gasteiger partial charge in [-0.15, -0.1) is 0 Å². The number of hydrogen-bond donors (Lipinski definition) is 2.